The SMILES string of the molecule is CCNC(=O)c1ccc(N)cc1OCc1ccccc1Br. The molecule has 21 heavy (non-hydrogen) atoms. The van der Waals surface area contributed by atoms with E-state index in [1.54, 1.807) is 18.2 Å². The number of hydrogen-bond acceptors (Lipinski definition) is 3. The maximum atomic E-state index is 12.0. The minimum Gasteiger partial charge on any atom is -0.488 e. The molecule has 0 aliphatic carbocycles. The molecule has 4 nitrogen and oxygen atoms in total. The van der Waals surface area contributed by atoms with E-state index in [1.165, 1.54) is 0 Å². The Balaban J connectivity index is 2.20. The van der Waals surface area contributed by atoms with Gasteiger partial charge in [-0.3, -0.25) is 4.79 Å². The molecule has 2 rings (SSSR count). The quantitative estimate of drug-likeness (QED) is 0.814. The van der Waals surface area contributed by atoms with E-state index in [9.17, 15) is 4.79 Å². The standard InChI is InChI=1S/C16H17BrN2O2/c1-2-19-16(20)13-8-7-12(18)9-15(13)21-10-11-5-3-4-6-14(11)17/h3-9H,2,10,18H2,1H3,(H,19,20). The monoisotopic (exact) mass is 348 g/mol. The molecule has 0 aromatic heterocycles. The first-order valence-corrected chi connectivity index (χ1v) is 7.45. The zero-order valence-electron chi connectivity index (χ0n) is 11.7. The zero-order chi connectivity index (χ0) is 15.2. The Bertz CT molecular complexity index is 644. The highest BCUT2D eigenvalue weighted by Crippen LogP contribution is 2.24. The highest BCUT2D eigenvalue weighted by molar-refractivity contribution is 9.10. The molecule has 2 aromatic rings. The molecule has 0 unspecified atom stereocenters. The predicted octanol–water partition coefficient (Wildman–Crippen LogP) is 3.36. The van der Waals surface area contributed by atoms with Crippen molar-refractivity contribution in [1.82, 2.24) is 5.32 Å². The molecule has 0 radical (unpaired) electrons. The molecule has 1 amide bonds. The topological polar surface area (TPSA) is 64.4 Å². The second-order valence-corrected chi connectivity index (χ2v) is 5.35. The number of nitrogens with two attached hydrogens (primary N) is 1. The van der Waals surface area contributed by atoms with Crippen molar-refractivity contribution in [1.29, 1.82) is 0 Å². The maximum absolute atomic E-state index is 12.0. The molecule has 3 N–H and O–H groups in total. The van der Waals surface area contributed by atoms with Crippen molar-refractivity contribution >= 4 is 27.5 Å². The molecule has 110 valence electrons. The third-order valence-electron chi connectivity index (χ3n) is 2.93. The van der Waals surface area contributed by atoms with E-state index in [4.69, 9.17) is 10.5 Å². The summed E-state index contributed by atoms with van der Waals surface area (Å²) in [6.45, 7) is 2.79. The average Bonchev–Trinajstić information content (AvgIpc) is 2.46. The second-order valence-electron chi connectivity index (χ2n) is 4.50. The summed E-state index contributed by atoms with van der Waals surface area (Å²) in [4.78, 5) is 12.0. The predicted molar refractivity (Wildman–Crippen MR) is 87.3 cm³/mol. The minimum atomic E-state index is -0.167. The van der Waals surface area contributed by atoms with Crippen molar-refractivity contribution in [2.24, 2.45) is 0 Å². The molecule has 0 bridgehead atoms. The summed E-state index contributed by atoms with van der Waals surface area (Å²) in [6.07, 6.45) is 0. The fraction of sp³-hybridized carbons (Fsp3) is 0.188. The van der Waals surface area contributed by atoms with Crippen LogP contribution in [0.25, 0.3) is 0 Å². The summed E-state index contributed by atoms with van der Waals surface area (Å²) in [7, 11) is 0. The molecule has 0 fully saturated rings. The van der Waals surface area contributed by atoms with Crippen LogP contribution >= 0.6 is 15.9 Å². The Morgan fingerprint density at radius 3 is 2.76 bits per heavy atom. The normalized spacial score (nSPS) is 10.2. The fourth-order valence-corrected chi connectivity index (χ4v) is 2.27. The number of anilines is 1. The van der Waals surface area contributed by atoms with E-state index in [1.807, 2.05) is 31.2 Å². The van der Waals surface area contributed by atoms with Gasteiger partial charge in [-0.25, -0.2) is 0 Å². The number of ether oxygens (including phenoxy) is 1. The van der Waals surface area contributed by atoms with Crippen LogP contribution in [0.3, 0.4) is 0 Å². The van der Waals surface area contributed by atoms with Crippen molar-refractivity contribution < 1.29 is 9.53 Å². The van der Waals surface area contributed by atoms with Crippen LogP contribution in [0, 0.1) is 0 Å². The fourth-order valence-electron chi connectivity index (χ4n) is 1.87. The van der Waals surface area contributed by atoms with Crippen molar-refractivity contribution in [2.75, 3.05) is 12.3 Å². The molecule has 0 saturated carbocycles. The molecular formula is C16H17BrN2O2. The van der Waals surface area contributed by atoms with Gasteiger partial charge in [0.15, 0.2) is 0 Å². The van der Waals surface area contributed by atoms with Gasteiger partial charge >= 0.3 is 0 Å². The van der Waals surface area contributed by atoms with Gasteiger partial charge < -0.3 is 15.8 Å². The molecule has 2 aromatic carbocycles. The number of nitrogen functional groups attached to an aromatic ring is 1. The summed E-state index contributed by atoms with van der Waals surface area (Å²) in [5, 5.41) is 2.76. The third-order valence-corrected chi connectivity index (χ3v) is 3.70. The molecule has 5 heteroatoms. The summed E-state index contributed by atoms with van der Waals surface area (Å²) in [5.41, 5.74) is 7.83. The summed E-state index contributed by atoms with van der Waals surface area (Å²) in [6, 6.07) is 12.8. The molecule has 0 aliphatic heterocycles. The Hall–Kier alpha value is -2.01. The largest absolute Gasteiger partial charge is 0.488 e. The molecule has 0 aliphatic rings. The van der Waals surface area contributed by atoms with Crippen LogP contribution in [0.2, 0.25) is 0 Å². The first kappa shape index (κ1) is 15.4. The molecule has 0 spiro atoms. The van der Waals surface area contributed by atoms with E-state index in [-0.39, 0.29) is 5.91 Å². The lowest BCUT2D eigenvalue weighted by Gasteiger charge is -2.13. The lowest BCUT2D eigenvalue weighted by molar-refractivity contribution is 0.0951. The van der Waals surface area contributed by atoms with E-state index < -0.39 is 0 Å². The number of halogens is 1. The van der Waals surface area contributed by atoms with E-state index in [0.717, 1.165) is 10.0 Å². The Labute approximate surface area is 132 Å². The summed E-state index contributed by atoms with van der Waals surface area (Å²) in [5.74, 6) is 0.316. The van der Waals surface area contributed by atoms with Gasteiger partial charge in [-0.1, -0.05) is 34.1 Å². The Morgan fingerprint density at radius 1 is 1.29 bits per heavy atom. The first-order valence-electron chi connectivity index (χ1n) is 6.65. The van der Waals surface area contributed by atoms with Gasteiger partial charge in [-0.15, -0.1) is 0 Å². The second kappa shape index (κ2) is 7.13. The first-order chi connectivity index (χ1) is 10.1. The van der Waals surface area contributed by atoms with Crippen molar-refractivity contribution in [3.8, 4) is 5.75 Å². The summed E-state index contributed by atoms with van der Waals surface area (Å²) < 4.78 is 6.75. The number of benzene rings is 2. The number of amides is 1. The lowest BCUT2D eigenvalue weighted by atomic mass is 10.1. The van der Waals surface area contributed by atoms with Crippen LogP contribution in [0.15, 0.2) is 46.9 Å². The molecule has 0 atom stereocenters. The number of carbonyl (C=O) groups is 1. The van der Waals surface area contributed by atoms with Crippen LogP contribution in [0.5, 0.6) is 5.75 Å². The summed E-state index contributed by atoms with van der Waals surface area (Å²) >= 11 is 3.47. The van der Waals surface area contributed by atoms with Gasteiger partial charge in [-0.2, -0.15) is 0 Å². The highest BCUT2D eigenvalue weighted by atomic mass is 79.9. The molecule has 0 heterocycles. The highest BCUT2D eigenvalue weighted by Gasteiger charge is 2.12. The van der Waals surface area contributed by atoms with Gasteiger partial charge in [0.2, 0.25) is 0 Å². The third kappa shape index (κ3) is 3.98. The van der Waals surface area contributed by atoms with Crippen molar-refractivity contribution in [3.63, 3.8) is 0 Å². The smallest absolute Gasteiger partial charge is 0.255 e. The van der Waals surface area contributed by atoms with Crippen molar-refractivity contribution in [3.05, 3.63) is 58.1 Å². The van der Waals surface area contributed by atoms with Gasteiger partial charge in [0, 0.05) is 28.3 Å². The van der Waals surface area contributed by atoms with E-state index in [0.29, 0.717) is 30.2 Å². The van der Waals surface area contributed by atoms with Crippen LogP contribution in [-0.4, -0.2) is 12.5 Å². The van der Waals surface area contributed by atoms with Crippen LogP contribution in [0.4, 0.5) is 5.69 Å². The van der Waals surface area contributed by atoms with Crippen LogP contribution < -0.4 is 15.8 Å². The molecular weight excluding hydrogens is 332 g/mol. The molecule has 0 saturated heterocycles. The number of rotatable bonds is 5. The van der Waals surface area contributed by atoms with Gasteiger partial charge in [0.25, 0.3) is 5.91 Å². The minimum absolute atomic E-state index is 0.167. The number of hydrogen-bond donors (Lipinski definition) is 2. The van der Waals surface area contributed by atoms with E-state index in [2.05, 4.69) is 21.2 Å². The number of nitrogens with one attached hydrogen (secondary N) is 1. The average molecular weight is 349 g/mol. The van der Waals surface area contributed by atoms with Gasteiger partial charge in [0.1, 0.15) is 12.4 Å². The van der Waals surface area contributed by atoms with Crippen LogP contribution in [0.1, 0.15) is 22.8 Å². The Kier molecular flexibility index (Phi) is 5.22. The van der Waals surface area contributed by atoms with Crippen molar-refractivity contribution in [2.45, 2.75) is 13.5 Å². The Morgan fingerprint density at radius 2 is 2.05 bits per heavy atom. The van der Waals surface area contributed by atoms with Gasteiger partial charge in [-0.05, 0) is 25.1 Å². The van der Waals surface area contributed by atoms with Gasteiger partial charge in [0.05, 0.1) is 5.56 Å². The van der Waals surface area contributed by atoms with E-state index >= 15 is 0 Å². The van der Waals surface area contributed by atoms with Crippen LogP contribution in [-0.2, 0) is 6.61 Å². The lowest BCUT2D eigenvalue weighted by Crippen LogP contribution is -2.23. The maximum Gasteiger partial charge on any atom is 0.255 e. The zero-order valence-corrected chi connectivity index (χ0v) is 13.3. The number of carbonyl (C=O) groups excluding carboxylic acids is 1.